The number of hydrogen-bond donors (Lipinski definition) is 1. The number of hydrogen-bond acceptors (Lipinski definition) is 2. The molecular formula is C10H20N2. The first-order valence-electron chi connectivity index (χ1n) is 5.04. The molecule has 0 aromatic carbocycles. The van der Waals surface area contributed by atoms with Gasteiger partial charge in [0.1, 0.15) is 0 Å². The van der Waals surface area contributed by atoms with Gasteiger partial charge in [-0.3, -0.25) is 4.90 Å². The van der Waals surface area contributed by atoms with Crippen LogP contribution in [0.25, 0.3) is 0 Å². The summed E-state index contributed by atoms with van der Waals surface area (Å²) in [6.07, 6.45) is 2.90. The van der Waals surface area contributed by atoms with Crippen molar-refractivity contribution in [2.45, 2.75) is 38.3 Å². The smallest absolute Gasteiger partial charge is 0.0275 e. The summed E-state index contributed by atoms with van der Waals surface area (Å²) in [4.78, 5) is 2.49. The van der Waals surface area contributed by atoms with Crippen LogP contribution < -0.4 is 5.32 Å². The van der Waals surface area contributed by atoms with Crippen LogP contribution in [0.15, 0.2) is 0 Å². The highest BCUT2D eigenvalue weighted by atomic mass is 15.2. The Morgan fingerprint density at radius 2 is 2.00 bits per heavy atom. The zero-order chi connectivity index (χ0) is 8.77. The summed E-state index contributed by atoms with van der Waals surface area (Å²) in [7, 11) is 2.25. The normalized spacial score (nSPS) is 36.8. The molecule has 0 aromatic heterocycles. The third-order valence-corrected chi connectivity index (χ3v) is 3.49. The molecule has 2 fully saturated rings. The highest BCUT2D eigenvalue weighted by Gasteiger charge is 2.38. The molecule has 2 aliphatic rings. The van der Waals surface area contributed by atoms with Crippen molar-refractivity contribution in [2.24, 2.45) is 5.92 Å². The van der Waals surface area contributed by atoms with E-state index in [1.807, 2.05) is 0 Å². The van der Waals surface area contributed by atoms with Crippen LogP contribution in [0.3, 0.4) is 0 Å². The summed E-state index contributed by atoms with van der Waals surface area (Å²) in [5.41, 5.74) is 0.353. The van der Waals surface area contributed by atoms with Gasteiger partial charge in [0.05, 0.1) is 0 Å². The van der Waals surface area contributed by atoms with Gasteiger partial charge in [0.15, 0.2) is 0 Å². The lowest BCUT2D eigenvalue weighted by Gasteiger charge is -2.44. The van der Waals surface area contributed by atoms with Crippen LogP contribution in [0.5, 0.6) is 0 Å². The topological polar surface area (TPSA) is 15.3 Å². The highest BCUT2D eigenvalue weighted by molar-refractivity contribution is 4.97. The molecule has 2 rings (SSSR count). The number of nitrogens with zero attached hydrogens (tertiary/aromatic N) is 1. The van der Waals surface area contributed by atoms with Crippen LogP contribution in [-0.2, 0) is 0 Å². The van der Waals surface area contributed by atoms with Crippen molar-refractivity contribution in [3.63, 3.8) is 0 Å². The van der Waals surface area contributed by atoms with Crippen molar-refractivity contribution in [2.75, 3.05) is 20.1 Å². The Labute approximate surface area is 75.3 Å². The quantitative estimate of drug-likeness (QED) is 0.630. The summed E-state index contributed by atoms with van der Waals surface area (Å²) in [5, 5.41) is 3.66. The van der Waals surface area contributed by atoms with E-state index in [1.165, 1.54) is 19.4 Å². The van der Waals surface area contributed by atoms with E-state index in [0.717, 1.165) is 18.5 Å². The Kier molecular flexibility index (Phi) is 1.92. The lowest BCUT2D eigenvalue weighted by Crippen LogP contribution is -2.61. The fourth-order valence-corrected chi connectivity index (χ4v) is 1.94. The van der Waals surface area contributed by atoms with E-state index in [4.69, 9.17) is 0 Å². The van der Waals surface area contributed by atoms with E-state index >= 15 is 0 Å². The third-order valence-electron chi connectivity index (χ3n) is 3.49. The summed E-state index contributed by atoms with van der Waals surface area (Å²) >= 11 is 0. The predicted molar refractivity (Wildman–Crippen MR) is 51.2 cm³/mol. The molecule has 0 bridgehead atoms. The summed E-state index contributed by atoms with van der Waals surface area (Å²) in [5.74, 6) is 0.989. The van der Waals surface area contributed by atoms with Crippen LogP contribution in [0.4, 0.5) is 0 Å². The van der Waals surface area contributed by atoms with Crippen molar-refractivity contribution in [3.8, 4) is 0 Å². The summed E-state index contributed by atoms with van der Waals surface area (Å²) in [6.45, 7) is 6.99. The van der Waals surface area contributed by atoms with Crippen LogP contribution in [-0.4, -0.2) is 36.6 Å². The Hall–Kier alpha value is -0.0800. The van der Waals surface area contributed by atoms with Gasteiger partial charge in [-0.25, -0.2) is 0 Å². The predicted octanol–water partition coefficient (Wildman–Crippen LogP) is 1.08. The molecule has 1 aliphatic heterocycles. The van der Waals surface area contributed by atoms with Gasteiger partial charge in [-0.15, -0.1) is 0 Å². The second kappa shape index (κ2) is 2.71. The average Bonchev–Trinajstić information content (AvgIpc) is 2.77. The minimum absolute atomic E-state index is 0.353. The van der Waals surface area contributed by atoms with Gasteiger partial charge in [0.25, 0.3) is 0 Å². The van der Waals surface area contributed by atoms with Crippen molar-refractivity contribution in [3.05, 3.63) is 0 Å². The molecule has 1 heterocycles. The molecule has 2 nitrogen and oxygen atoms in total. The highest BCUT2D eigenvalue weighted by Crippen LogP contribution is 2.35. The van der Waals surface area contributed by atoms with E-state index in [9.17, 15) is 0 Å². The van der Waals surface area contributed by atoms with Gasteiger partial charge >= 0.3 is 0 Å². The standard InChI is InChI=1S/C10H20N2/c1-10(2)7-11-9(6-12(10)3)8-4-5-8/h8-9,11H,4-7H2,1-3H3. The molecule has 70 valence electrons. The van der Waals surface area contributed by atoms with Gasteiger partial charge in [-0.2, -0.15) is 0 Å². The number of piperazine rings is 1. The molecule has 1 unspecified atom stereocenters. The maximum Gasteiger partial charge on any atom is 0.0275 e. The lowest BCUT2D eigenvalue weighted by molar-refractivity contribution is 0.0882. The van der Waals surface area contributed by atoms with E-state index < -0.39 is 0 Å². The minimum atomic E-state index is 0.353. The first-order chi connectivity index (χ1) is 5.59. The van der Waals surface area contributed by atoms with E-state index in [0.29, 0.717) is 5.54 Å². The second-order valence-corrected chi connectivity index (χ2v) is 5.02. The first-order valence-corrected chi connectivity index (χ1v) is 5.04. The van der Waals surface area contributed by atoms with Crippen LogP contribution >= 0.6 is 0 Å². The van der Waals surface area contributed by atoms with E-state index in [1.54, 1.807) is 0 Å². The average molecular weight is 168 g/mol. The number of rotatable bonds is 1. The van der Waals surface area contributed by atoms with Crippen LogP contribution in [0, 0.1) is 5.92 Å². The van der Waals surface area contributed by atoms with Crippen molar-refractivity contribution < 1.29 is 0 Å². The molecule has 1 saturated heterocycles. The fourth-order valence-electron chi connectivity index (χ4n) is 1.94. The zero-order valence-electron chi connectivity index (χ0n) is 8.43. The van der Waals surface area contributed by atoms with Gasteiger partial charge in [-0.05, 0) is 39.7 Å². The Balaban J connectivity index is 1.93. The second-order valence-electron chi connectivity index (χ2n) is 5.02. The Morgan fingerprint density at radius 3 is 2.50 bits per heavy atom. The monoisotopic (exact) mass is 168 g/mol. The molecule has 1 aliphatic carbocycles. The van der Waals surface area contributed by atoms with Crippen molar-refractivity contribution >= 4 is 0 Å². The maximum absolute atomic E-state index is 3.66. The SMILES string of the molecule is CN1CC(C2CC2)NCC1(C)C. The molecule has 2 heteroatoms. The molecule has 0 spiro atoms. The first kappa shape index (κ1) is 8.52. The van der Waals surface area contributed by atoms with Gasteiger partial charge < -0.3 is 5.32 Å². The zero-order valence-corrected chi connectivity index (χ0v) is 8.43. The Bertz CT molecular complexity index is 173. The fraction of sp³-hybridized carbons (Fsp3) is 1.00. The molecular weight excluding hydrogens is 148 g/mol. The van der Waals surface area contributed by atoms with E-state index in [-0.39, 0.29) is 0 Å². The summed E-state index contributed by atoms with van der Waals surface area (Å²) < 4.78 is 0. The summed E-state index contributed by atoms with van der Waals surface area (Å²) in [6, 6.07) is 0.781. The number of nitrogens with one attached hydrogen (secondary N) is 1. The molecule has 1 N–H and O–H groups in total. The van der Waals surface area contributed by atoms with Crippen LogP contribution in [0.1, 0.15) is 26.7 Å². The largest absolute Gasteiger partial charge is 0.311 e. The molecule has 0 radical (unpaired) electrons. The molecule has 0 amide bonds. The van der Waals surface area contributed by atoms with Crippen LogP contribution in [0.2, 0.25) is 0 Å². The maximum atomic E-state index is 3.66. The van der Waals surface area contributed by atoms with Gasteiger partial charge in [0.2, 0.25) is 0 Å². The minimum Gasteiger partial charge on any atom is -0.311 e. The molecule has 0 aromatic rings. The van der Waals surface area contributed by atoms with E-state index in [2.05, 4.69) is 31.1 Å². The van der Waals surface area contributed by atoms with Crippen molar-refractivity contribution in [1.29, 1.82) is 0 Å². The lowest BCUT2D eigenvalue weighted by atomic mass is 9.97. The molecule has 1 saturated carbocycles. The number of likely N-dealkylation sites (N-methyl/N-ethyl adjacent to an activating group) is 1. The van der Waals surface area contributed by atoms with Gasteiger partial charge in [-0.1, -0.05) is 0 Å². The van der Waals surface area contributed by atoms with Crippen molar-refractivity contribution in [1.82, 2.24) is 10.2 Å². The molecule has 1 atom stereocenters. The third kappa shape index (κ3) is 1.50. The molecule has 12 heavy (non-hydrogen) atoms. The Morgan fingerprint density at radius 1 is 1.33 bits per heavy atom. The van der Waals surface area contributed by atoms with Gasteiger partial charge in [0, 0.05) is 24.7 Å².